The van der Waals surface area contributed by atoms with Gasteiger partial charge in [-0.2, -0.15) is 0 Å². The summed E-state index contributed by atoms with van der Waals surface area (Å²) < 4.78 is 27.3. The molecule has 0 unspecified atom stereocenters. The number of hydrogen-bond acceptors (Lipinski definition) is 4. The molecule has 1 N–H and O–H groups in total. The van der Waals surface area contributed by atoms with Crippen LogP contribution in [0.2, 0.25) is 4.47 Å². The maximum Gasteiger partial charge on any atom is 0.251 e. The van der Waals surface area contributed by atoms with E-state index in [0.717, 1.165) is 30.6 Å². The molecular formula is C11H17ClN2O2S2. The molecule has 0 bridgehead atoms. The molecular weight excluding hydrogens is 292 g/mol. The van der Waals surface area contributed by atoms with E-state index in [-0.39, 0.29) is 14.1 Å². The zero-order chi connectivity index (χ0) is 13.2. The number of rotatable bonds is 5. The Morgan fingerprint density at radius 2 is 2.17 bits per heavy atom. The van der Waals surface area contributed by atoms with Gasteiger partial charge in [0.2, 0.25) is 0 Å². The largest absolute Gasteiger partial charge is 0.251 e. The summed E-state index contributed by atoms with van der Waals surface area (Å²) in [4.78, 5) is 3.76. The van der Waals surface area contributed by atoms with E-state index in [2.05, 4.69) is 16.6 Å². The lowest BCUT2D eigenvalue weighted by molar-refractivity contribution is 0.286. The van der Waals surface area contributed by atoms with E-state index in [1.54, 1.807) is 0 Å². The Hall–Kier alpha value is -0.170. The minimum absolute atomic E-state index is 0.140. The second kappa shape index (κ2) is 5.45. The minimum Gasteiger partial charge on any atom is -0.232 e. The number of halogens is 1. The van der Waals surface area contributed by atoms with Crippen LogP contribution in [0.15, 0.2) is 10.4 Å². The first kappa shape index (κ1) is 14.2. The predicted molar refractivity (Wildman–Crippen MR) is 73.5 cm³/mol. The van der Waals surface area contributed by atoms with Crippen LogP contribution in [-0.2, 0) is 10.0 Å². The van der Waals surface area contributed by atoms with Gasteiger partial charge in [0, 0.05) is 6.54 Å². The van der Waals surface area contributed by atoms with Gasteiger partial charge in [-0.1, -0.05) is 42.7 Å². The van der Waals surface area contributed by atoms with E-state index in [4.69, 9.17) is 11.6 Å². The minimum atomic E-state index is -3.45. The molecule has 0 radical (unpaired) electrons. The molecule has 1 aliphatic rings. The number of sulfonamides is 1. The topological polar surface area (TPSA) is 59.1 Å². The van der Waals surface area contributed by atoms with Crippen molar-refractivity contribution in [1.29, 1.82) is 0 Å². The van der Waals surface area contributed by atoms with Gasteiger partial charge in [-0.3, -0.25) is 0 Å². The summed E-state index contributed by atoms with van der Waals surface area (Å²) in [6.45, 7) is 2.64. The Morgan fingerprint density at radius 1 is 1.50 bits per heavy atom. The summed E-state index contributed by atoms with van der Waals surface area (Å²) in [6, 6.07) is 0. The summed E-state index contributed by atoms with van der Waals surface area (Å²) in [5, 5.41) is 0. The molecule has 18 heavy (non-hydrogen) atoms. The molecule has 0 atom stereocenters. The Morgan fingerprint density at radius 3 is 2.67 bits per heavy atom. The van der Waals surface area contributed by atoms with Gasteiger partial charge < -0.3 is 0 Å². The smallest absolute Gasteiger partial charge is 0.232 e. The third-order valence-electron chi connectivity index (χ3n) is 3.77. The fourth-order valence-corrected chi connectivity index (χ4v) is 4.96. The van der Waals surface area contributed by atoms with Crippen LogP contribution in [0.4, 0.5) is 0 Å². The lowest BCUT2D eigenvalue weighted by Gasteiger charge is -2.27. The summed E-state index contributed by atoms with van der Waals surface area (Å²) in [6.07, 6.45) is 6.93. The Kier molecular flexibility index (Phi) is 4.31. The standard InChI is InChI=1S/C11H17ClN2O2S2/c1-2-11(5-3-4-6-11)8-14-18(15,16)9-7-13-10(12)17-9/h7,14H,2-6,8H2,1H3. The quantitative estimate of drug-likeness (QED) is 0.909. The molecule has 7 heteroatoms. The number of hydrogen-bond donors (Lipinski definition) is 1. The maximum atomic E-state index is 12.1. The van der Waals surface area contributed by atoms with Gasteiger partial charge in [-0.05, 0) is 24.7 Å². The Bertz CT molecular complexity index is 507. The van der Waals surface area contributed by atoms with Crippen molar-refractivity contribution in [3.05, 3.63) is 10.7 Å². The van der Waals surface area contributed by atoms with Crippen molar-refractivity contribution in [1.82, 2.24) is 9.71 Å². The molecule has 0 amide bonds. The van der Waals surface area contributed by atoms with Gasteiger partial charge in [-0.15, -0.1) is 0 Å². The lowest BCUT2D eigenvalue weighted by atomic mass is 9.84. The van der Waals surface area contributed by atoms with Crippen molar-refractivity contribution in [3.8, 4) is 0 Å². The number of thiazole rings is 1. The molecule has 4 nitrogen and oxygen atoms in total. The maximum absolute atomic E-state index is 12.1. The second-order valence-electron chi connectivity index (χ2n) is 4.82. The van der Waals surface area contributed by atoms with E-state index in [1.165, 1.54) is 19.0 Å². The van der Waals surface area contributed by atoms with Gasteiger partial charge in [0.05, 0.1) is 6.20 Å². The SMILES string of the molecule is CCC1(CNS(=O)(=O)c2cnc(Cl)s2)CCCC1. The molecule has 0 aliphatic heterocycles. The summed E-state index contributed by atoms with van der Waals surface area (Å²) in [5.74, 6) is 0. The van der Waals surface area contributed by atoms with Crippen LogP contribution in [-0.4, -0.2) is 19.9 Å². The molecule has 1 aliphatic carbocycles. The first-order valence-electron chi connectivity index (χ1n) is 6.08. The van der Waals surface area contributed by atoms with Crippen molar-refractivity contribution in [3.63, 3.8) is 0 Å². The van der Waals surface area contributed by atoms with Crippen LogP contribution in [0.1, 0.15) is 39.0 Å². The molecule has 1 saturated carbocycles. The van der Waals surface area contributed by atoms with Crippen LogP contribution in [0.3, 0.4) is 0 Å². The molecule has 0 saturated heterocycles. The van der Waals surface area contributed by atoms with Gasteiger partial charge >= 0.3 is 0 Å². The van der Waals surface area contributed by atoms with Gasteiger partial charge in [-0.25, -0.2) is 18.1 Å². The molecule has 0 spiro atoms. The molecule has 1 heterocycles. The molecule has 1 aromatic heterocycles. The summed E-state index contributed by atoms with van der Waals surface area (Å²) >= 11 is 6.65. The van der Waals surface area contributed by atoms with Crippen LogP contribution in [0.5, 0.6) is 0 Å². The Labute approximate surface area is 117 Å². The van der Waals surface area contributed by atoms with Crippen LogP contribution >= 0.6 is 22.9 Å². The molecule has 102 valence electrons. The normalized spacial score (nSPS) is 19.2. The first-order chi connectivity index (χ1) is 8.47. The monoisotopic (exact) mass is 308 g/mol. The number of nitrogens with zero attached hydrogens (tertiary/aromatic N) is 1. The molecule has 1 aromatic rings. The Balaban J connectivity index is 2.05. The first-order valence-corrected chi connectivity index (χ1v) is 8.76. The highest BCUT2D eigenvalue weighted by Crippen LogP contribution is 2.40. The van der Waals surface area contributed by atoms with Gasteiger partial charge in [0.25, 0.3) is 10.0 Å². The van der Waals surface area contributed by atoms with Crippen molar-refractivity contribution in [2.24, 2.45) is 5.41 Å². The third-order valence-corrected chi connectivity index (χ3v) is 6.75. The number of nitrogens with one attached hydrogen (secondary N) is 1. The van der Waals surface area contributed by atoms with Crippen LogP contribution < -0.4 is 4.72 Å². The average molecular weight is 309 g/mol. The van der Waals surface area contributed by atoms with Crippen molar-refractivity contribution >= 4 is 33.0 Å². The zero-order valence-corrected chi connectivity index (χ0v) is 12.7. The molecule has 2 rings (SSSR count). The third kappa shape index (κ3) is 3.04. The highest BCUT2D eigenvalue weighted by atomic mass is 35.5. The zero-order valence-electron chi connectivity index (χ0n) is 10.3. The lowest BCUT2D eigenvalue weighted by Crippen LogP contribution is -2.35. The van der Waals surface area contributed by atoms with E-state index in [9.17, 15) is 8.42 Å². The highest BCUT2D eigenvalue weighted by molar-refractivity contribution is 7.91. The van der Waals surface area contributed by atoms with E-state index < -0.39 is 10.0 Å². The average Bonchev–Trinajstić information content (AvgIpc) is 2.96. The second-order valence-corrected chi connectivity index (χ2v) is 8.42. The highest BCUT2D eigenvalue weighted by Gasteiger charge is 2.33. The van der Waals surface area contributed by atoms with Crippen LogP contribution in [0.25, 0.3) is 0 Å². The molecule has 0 aromatic carbocycles. The summed E-state index contributed by atoms with van der Waals surface area (Å²) in [7, 11) is -3.45. The van der Waals surface area contributed by atoms with Crippen LogP contribution in [0, 0.1) is 5.41 Å². The fourth-order valence-electron chi connectivity index (χ4n) is 2.46. The fraction of sp³-hybridized carbons (Fsp3) is 0.727. The van der Waals surface area contributed by atoms with Crippen molar-refractivity contribution in [2.75, 3.05) is 6.54 Å². The van der Waals surface area contributed by atoms with Crippen molar-refractivity contribution in [2.45, 2.75) is 43.2 Å². The van der Waals surface area contributed by atoms with E-state index >= 15 is 0 Å². The van der Waals surface area contributed by atoms with Gasteiger partial charge in [0.1, 0.15) is 0 Å². The number of aromatic nitrogens is 1. The molecule has 1 fully saturated rings. The van der Waals surface area contributed by atoms with E-state index in [0.29, 0.717) is 6.54 Å². The predicted octanol–water partition coefficient (Wildman–Crippen LogP) is 3.05. The summed E-state index contributed by atoms with van der Waals surface area (Å²) in [5.41, 5.74) is 0.140. The van der Waals surface area contributed by atoms with E-state index in [1.807, 2.05) is 0 Å². The van der Waals surface area contributed by atoms with Gasteiger partial charge in [0.15, 0.2) is 8.68 Å². The van der Waals surface area contributed by atoms with Crippen molar-refractivity contribution < 1.29 is 8.42 Å².